The summed E-state index contributed by atoms with van der Waals surface area (Å²) >= 11 is 0. The van der Waals surface area contributed by atoms with Crippen molar-refractivity contribution in [2.45, 2.75) is 5.92 Å². The predicted molar refractivity (Wildman–Crippen MR) is 107 cm³/mol. The van der Waals surface area contributed by atoms with Crippen molar-refractivity contribution in [1.29, 1.82) is 0 Å². The van der Waals surface area contributed by atoms with Crippen molar-refractivity contribution in [1.82, 2.24) is 20.8 Å². The fourth-order valence-corrected chi connectivity index (χ4v) is 3.38. The SMILES string of the molecule is O=C1C(c2cccc3n[nH]nc23)C(=Nc2ccccc2)NN1c1ccccc1. The van der Waals surface area contributed by atoms with Crippen molar-refractivity contribution in [3.8, 4) is 0 Å². The smallest absolute Gasteiger partial charge is 0.261 e. The fourth-order valence-electron chi connectivity index (χ4n) is 3.38. The molecule has 2 N–H and O–H groups in total. The quantitative estimate of drug-likeness (QED) is 0.581. The molecule has 0 bridgehead atoms. The highest BCUT2D eigenvalue weighted by Gasteiger charge is 2.40. The van der Waals surface area contributed by atoms with Gasteiger partial charge in [-0.15, -0.1) is 0 Å². The molecule has 1 atom stereocenters. The van der Waals surface area contributed by atoms with E-state index in [1.54, 1.807) is 0 Å². The highest BCUT2D eigenvalue weighted by atomic mass is 16.2. The Morgan fingerprint density at radius 3 is 2.39 bits per heavy atom. The summed E-state index contributed by atoms with van der Waals surface area (Å²) in [4.78, 5) is 18.1. The number of aromatic amines is 1. The molecule has 1 unspecified atom stereocenters. The summed E-state index contributed by atoms with van der Waals surface area (Å²) in [6.45, 7) is 0. The number of anilines is 1. The first-order valence-electron chi connectivity index (χ1n) is 8.90. The number of H-pyrrole nitrogens is 1. The molecule has 0 radical (unpaired) electrons. The van der Waals surface area contributed by atoms with Gasteiger partial charge in [-0.25, -0.2) is 10.0 Å². The van der Waals surface area contributed by atoms with Crippen LogP contribution >= 0.6 is 0 Å². The van der Waals surface area contributed by atoms with Gasteiger partial charge in [0.15, 0.2) is 0 Å². The Labute approximate surface area is 160 Å². The van der Waals surface area contributed by atoms with Crippen LogP contribution in [-0.4, -0.2) is 27.2 Å². The van der Waals surface area contributed by atoms with Gasteiger partial charge < -0.3 is 0 Å². The van der Waals surface area contributed by atoms with E-state index >= 15 is 0 Å². The normalized spacial score (nSPS) is 18.0. The molecule has 3 aromatic carbocycles. The van der Waals surface area contributed by atoms with Crippen LogP contribution in [-0.2, 0) is 4.79 Å². The Balaban J connectivity index is 1.66. The second-order valence-electron chi connectivity index (χ2n) is 6.43. The van der Waals surface area contributed by atoms with E-state index in [0.29, 0.717) is 16.9 Å². The first-order valence-corrected chi connectivity index (χ1v) is 8.90. The number of aromatic nitrogens is 3. The Kier molecular flexibility index (Phi) is 3.83. The van der Waals surface area contributed by atoms with Gasteiger partial charge in [-0.1, -0.05) is 48.5 Å². The van der Waals surface area contributed by atoms with Crippen LogP contribution in [0, 0.1) is 0 Å². The first-order chi connectivity index (χ1) is 13.8. The number of hydrazine groups is 1. The van der Waals surface area contributed by atoms with Gasteiger partial charge >= 0.3 is 0 Å². The van der Waals surface area contributed by atoms with Crippen LogP contribution in [0.3, 0.4) is 0 Å². The lowest BCUT2D eigenvalue weighted by Gasteiger charge is -2.15. The number of fused-ring (bicyclic) bond motifs is 1. The zero-order chi connectivity index (χ0) is 18.9. The lowest BCUT2D eigenvalue weighted by Crippen LogP contribution is -2.35. The molecular formula is C21H16N6O. The molecule has 0 spiro atoms. The van der Waals surface area contributed by atoms with Gasteiger partial charge in [0, 0.05) is 5.56 Å². The van der Waals surface area contributed by atoms with Gasteiger partial charge in [-0.3, -0.25) is 10.2 Å². The topological polar surface area (TPSA) is 86.3 Å². The van der Waals surface area contributed by atoms with Crippen molar-refractivity contribution in [3.05, 3.63) is 84.4 Å². The molecular weight excluding hydrogens is 352 g/mol. The average molecular weight is 368 g/mol. The number of rotatable bonds is 3. The number of amides is 1. The number of aliphatic imine (C=N–C) groups is 1. The van der Waals surface area contributed by atoms with Crippen LogP contribution in [0.25, 0.3) is 11.0 Å². The maximum atomic E-state index is 13.4. The molecule has 7 heteroatoms. The molecule has 28 heavy (non-hydrogen) atoms. The fraction of sp³-hybridized carbons (Fsp3) is 0.0476. The second-order valence-corrected chi connectivity index (χ2v) is 6.43. The summed E-state index contributed by atoms with van der Waals surface area (Å²) < 4.78 is 0. The number of carbonyl (C=O) groups is 1. The van der Waals surface area contributed by atoms with Crippen molar-refractivity contribution in [2.75, 3.05) is 5.01 Å². The van der Waals surface area contributed by atoms with Crippen LogP contribution in [0.1, 0.15) is 11.5 Å². The number of nitrogens with one attached hydrogen (secondary N) is 2. The Morgan fingerprint density at radius 1 is 0.857 bits per heavy atom. The molecule has 0 aliphatic carbocycles. The van der Waals surface area contributed by atoms with Crippen molar-refractivity contribution in [3.63, 3.8) is 0 Å². The molecule has 1 saturated heterocycles. The van der Waals surface area contributed by atoms with Gasteiger partial charge in [0.25, 0.3) is 5.91 Å². The lowest BCUT2D eigenvalue weighted by atomic mass is 9.96. The van der Waals surface area contributed by atoms with Crippen molar-refractivity contribution < 1.29 is 4.79 Å². The number of carbonyl (C=O) groups excluding carboxylic acids is 1. The van der Waals surface area contributed by atoms with E-state index < -0.39 is 5.92 Å². The van der Waals surface area contributed by atoms with Crippen LogP contribution < -0.4 is 10.4 Å². The van der Waals surface area contributed by atoms with Gasteiger partial charge in [-0.05, 0) is 30.3 Å². The highest BCUT2D eigenvalue weighted by molar-refractivity contribution is 6.21. The van der Waals surface area contributed by atoms with E-state index in [2.05, 4.69) is 20.8 Å². The highest BCUT2D eigenvalue weighted by Crippen LogP contribution is 2.32. The molecule has 5 rings (SSSR count). The third-order valence-corrected chi connectivity index (χ3v) is 4.68. The van der Waals surface area contributed by atoms with Crippen LogP contribution in [0.5, 0.6) is 0 Å². The Hall–Kier alpha value is -4.00. The first kappa shape index (κ1) is 16.2. The largest absolute Gasteiger partial charge is 0.277 e. The number of nitrogens with zero attached hydrogens (tertiary/aromatic N) is 4. The standard InChI is InChI=1S/C21H16N6O/c28-21-18(16-12-7-13-17-19(16)24-26-23-17)20(22-14-8-3-1-4-9-14)25-27(21)15-10-5-2-6-11-15/h1-13,18H,(H,22,25)(H,23,24,26). The minimum Gasteiger partial charge on any atom is -0.277 e. The Morgan fingerprint density at radius 2 is 1.61 bits per heavy atom. The third-order valence-electron chi connectivity index (χ3n) is 4.68. The summed E-state index contributed by atoms with van der Waals surface area (Å²) in [5, 5.41) is 12.6. The van der Waals surface area contributed by atoms with Gasteiger partial charge in [0.2, 0.25) is 0 Å². The van der Waals surface area contributed by atoms with E-state index in [1.807, 2.05) is 78.9 Å². The molecule has 136 valence electrons. The molecule has 4 aromatic rings. The summed E-state index contributed by atoms with van der Waals surface area (Å²) in [5.74, 6) is -0.166. The van der Waals surface area contributed by atoms with E-state index in [1.165, 1.54) is 5.01 Å². The second kappa shape index (κ2) is 6.62. The van der Waals surface area contributed by atoms with Gasteiger partial charge in [-0.2, -0.15) is 15.4 Å². The number of hydrogen-bond donors (Lipinski definition) is 2. The summed E-state index contributed by atoms with van der Waals surface area (Å²) in [7, 11) is 0. The Bertz CT molecular complexity index is 1170. The van der Waals surface area contributed by atoms with E-state index in [0.717, 1.165) is 16.9 Å². The minimum absolute atomic E-state index is 0.114. The minimum atomic E-state index is -0.603. The number of benzene rings is 3. The molecule has 1 amide bonds. The van der Waals surface area contributed by atoms with Gasteiger partial charge in [0.05, 0.1) is 11.4 Å². The van der Waals surface area contributed by atoms with Crippen molar-refractivity contribution >= 4 is 34.2 Å². The molecule has 0 saturated carbocycles. The monoisotopic (exact) mass is 368 g/mol. The lowest BCUT2D eigenvalue weighted by molar-refractivity contribution is -0.118. The molecule has 1 fully saturated rings. The van der Waals surface area contributed by atoms with Crippen LogP contribution in [0.4, 0.5) is 11.4 Å². The number of amidine groups is 1. The zero-order valence-corrected chi connectivity index (χ0v) is 14.8. The van der Waals surface area contributed by atoms with E-state index in [4.69, 9.17) is 4.99 Å². The van der Waals surface area contributed by atoms with Crippen molar-refractivity contribution in [2.24, 2.45) is 4.99 Å². The predicted octanol–water partition coefficient (Wildman–Crippen LogP) is 3.32. The zero-order valence-electron chi connectivity index (χ0n) is 14.8. The molecule has 1 aromatic heterocycles. The molecule has 1 aliphatic rings. The average Bonchev–Trinajstić information content (AvgIpc) is 3.34. The summed E-state index contributed by atoms with van der Waals surface area (Å²) in [5.41, 5.74) is 6.84. The maximum absolute atomic E-state index is 13.4. The molecule has 7 nitrogen and oxygen atoms in total. The van der Waals surface area contributed by atoms with Crippen LogP contribution in [0.15, 0.2) is 83.9 Å². The van der Waals surface area contributed by atoms with E-state index in [9.17, 15) is 4.79 Å². The molecule has 2 heterocycles. The third kappa shape index (κ3) is 2.69. The summed E-state index contributed by atoms with van der Waals surface area (Å²) in [6.07, 6.45) is 0. The van der Waals surface area contributed by atoms with E-state index in [-0.39, 0.29) is 5.91 Å². The maximum Gasteiger partial charge on any atom is 0.261 e. The number of hydrogen-bond acceptors (Lipinski definition) is 4. The molecule has 1 aliphatic heterocycles. The van der Waals surface area contributed by atoms with Crippen LogP contribution in [0.2, 0.25) is 0 Å². The number of para-hydroxylation sites is 3. The summed E-state index contributed by atoms with van der Waals surface area (Å²) in [6, 6.07) is 24.6. The van der Waals surface area contributed by atoms with Gasteiger partial charge in [0.1, 0.15) is 22.8 Å².